The number of hydrogen-bond donors (Lipinski definition) is 0. The smallest absolute Gasteiger partial charge is 0.0726 e. The van der Waals surface area contributed by atoms with Crippen LogP contribution in [0.3, 0.4) is 0 Å². The van der Waals surface area contributed by atoms with E-state index < -0.39 is 5.41 Å². The molecule has 59 heavy (non-hydrogen) atoms. The van der Waals surface area contributed by atoms with Gasteiger partial charge in [0.15, 0.2) is 0 Å². The van der Waals surface area contributed by atoms with Gasteiger partial charge in [0, 0.05) is 32.9 Å². The van der Waals surface area contributed by atoms with Crippen molar-refractivity contribution < 1.29 is 0 Å². The number of hydrogen-bond acceptors (Lipinski definition) is 1. The van der Waals surface area contributed by atoms with E-state index in [-0.39, 0.29) is 0 Å². The summed E-state index contributed by atoms with van der Waals surface area (Å²) in [4.78, 5) is 2.47. The third-order valence-corrected chi connectivity index (χ3v) is 13.2. The van der Waals surface area contributed by atoms with Gasteiger partial charge in [-0.1, -0.05) is 176 Å². The normalized spacial score (nSPS) is 13.2. The minimum absolute atomic E-state index is 0.509. The highest BCUT2D eigenvalue weighted by atomic mass is 15.1. The van der Waals surface area contributed by atoms with E-state index in [1.54, 1.807) is 0 Å². The van der Waals surface area contributed by atoms with Crippen molar-refractivity contribution in [3.8, 4) is 27.9 Å². The summed E-state index contributed by atoms with van der Waals surface area (Å²) in [6.07, 6.45) is 0. The fraction of sp³-hybridized carbons (Fsp3) is 0.0175. The third-order valence-electron chi connectivity index (χ3n) is 13.2. The van der Waals surface area contributed by atoms with Gasteiger partial charge in [0.2, 0.25) is 0 Å². The highest BCUT2D eigenvalue weighted by Gasteiger charge is 2.50. The van der Waals surface area contributed by atoms with E-state index in [1.165, 1.54) is 93.5 Å². The quantitative estimate of drug-likeness (QED) is 0.170. The Morgan fingerprint density at radius 3 is 1.66 bits per heavy atom. The average Bonchev–Trinajstić information content (AvgIpc) is 3.80. The topological polar surface area (TPSA) is 8.17 Å². The van der Waals surface area contributed by atoms with Gasteiger partial charge in [-0.25, -0.2) is 0 Å². The van der Waals surface area contributed by atoms with Gasteiger partial charge >= 0.3 is 0 Å². The van der Waals surface area contributed by atoms with E-state index >= 15 is 0 Å². The first-order valence-electron chi connectivity index (χ1n) is 20.5. The Kier molecular flexibility index (Phi) is 6.68. The maximum absolute atomic E-state index is 2.56. The zero-order chi connectivity index (χ0) is 38.7. The molecular formula is C57H36N2. The molecule has 2 aliphatic rings. The SMILES string of the molecule is c1ccc(-c2ccc(N(c3ccccc3)c3cc4c5c6c(cccc36)C3(c6ccccc6-c6ccccc63)c3cccc(c35)n4-c3cccc4ccccc34)cc2)cc1. The van der Waals surface area contributed by atoms with Crippen molar-refractivity contribution in [2.45, 2.75) is 5.41 Å². The maximum atomic E-state index is 2.56. The van der Waals surface area contributed by atoms with Crippen LogP contribution in [-0.4, -0.2) is 4.57 Å². The first kappa shape index (κ1) is 32.4. The molecule has 0 saturated carbocycles. The van der Waals surface area contributed by atoms with E-state index in [0.29, 0.717) is 0 Å². The lowest BCUT2D eigenvalue weighted by Gasteiger charge is -2.38. The van der Waals surface area contributed by atoms with Crippen LogP contribution in [0, 0.1) is 0 Å². The van der Waals surface area contributed by atoms with Crippen molar-refractivity contribution >= 4 is 60.4 Å². The molecular weight excluding hydrogens is 713 g/mol. The molecule has 274 valence electrons. The summed E-state index contributed by atoms with van der Waals surface area (Å²) in [5.41, 5.74) is 16.9. The summed E-state index contributed by atoms with van der Waals surface area (Å²) in [5.74, 6) is 0. The van der Waals surface area contributed by atoms with Crippen molar-refractivity contribution in [1.29, 1.82) is 0 Å². The molecule has 13 rings (SSSR count). The van der Waals surface area contributed by atoms with E-state index in [0.717, 1.165) is 17.1 Å². The summed E-state index contributed by atoms with van der Waals surface area (Å²) in [7, 11) is 0. The largest absolute Gasteiger partial charge is 0.310 e. The lowest BCUT2D eigenvalue weighted by Crippen LogP contribution is -2.30. The Balaban J connectivity index is 1.22. The van der Waals surface area contributed by atoms with Crippen LogP contribution in [0.4, 0.5) is 17.1 Å². The van der Waals surface area contributed by atoms with Gasteiger partial charge in [-0.05, 0) is 97.7 Å². The van der Waals surface area contributed by atoms with Crippen LogP contribution in [0.2, 0.25) is 0 Å². The van der Waals surface area contributed by atoms with Gasteiger partial charge < -0.3 is 9.47 Å². The molecule has 0 bridgehead atoms. The molecule has 0 N–H and O–H groups in total. The minimum atomic E-state index is -0.509. The van der Waals surface area contributed by atoms with Crippen LogP contribution in [-0.2, 0) is 5.41 Å². The molecule has 0 saturated heterocycles. The molecule has 0 aliphatic heterocycles. The first-order valence-corrected chi connectivity index (χ1v) is 20.5. The van der Waals surface area contributed by atoms with Gasteiger partial charge in [-0.2, -0.15) is 0 Å². The zero-order valence-electron chi connectivity index (χ0n) is 32.2. The van der Waals surface area contributed by atoms with Crippen LogP contribution < -0.4 is 4.90 Å². The molecule has 2 aliphatic carbocycles. The van der Waals surface area contributed by atoms with Crippen molar-refractivity contribution in [2.24, 2.45) is 0 Å². The summed E-state index contributed by atoms with van der Waals surface area (Å²) < 4.78 is 2.56. The Hall–Kier alpha value is -7.68. The maximum Gasteiger partial charge on any atom is 0.0726 e. The van der Waals surface area contributed by atoms with E-state index in [4.69, 9.17) is 0 Å². The fourth-order valence-electron chi connectivity index (χ4n) is 10.9. The van der Waals surface area contributed by atoms with Crippen LogP contribution in [0.25, 0.3) is 71.3 Å². The molecule has 1 aromatic heterocycles. The molecule has 0 fully saturated rings. The van der Waals surface area contributed by atoms with Crippen molar-refractivity contribution in [3.05, 3.63) is 241 Å². The fourth-order valence-corrected chi connectivity index (χ4v) is 10.9. The van der Waals surface area contributed by atoms with Crippen LogP contribution >= 0.6 is 0 Å². The molecule has 0 amide bonds. The lowest BCUT2D eigenvalue weighted by molar-refractivity contribution is 0.783. The molecule has 11 aromatic rings. The molecule has 10 aromatic carbocycles. The molecule has 0 unspecified atom stereocenters. The third kappa shape index (κ3) is 4.30. The average molecular weight is 749 g/mol. The van der Waals surface area contributed by atoms with Crippen molar-refractivity contribution in [1.82, 2.24) is 4.57 Å². The summed E-state index contributed by atoms with van der Waals surface area (Å²) in [6, 6.07) is 81.0. The Labute approximate surface area is 342 Å². The van der Waals surface area contributed by atoms with Crippen molar-refractivity contribution in [3.63, 3.8) is 0 Å². The number of fused-ring (bicyclic) bond motifs is 8. The Morgan fingerprint density at radius 1 is 0.356 bits per heavy atom. The van der Waals surface area contributed by atoms with E-state index in [2.05, 4.69) is 228 Å². The van der Waals surface area contributed by atoms with Gasteiger partial charge in [-0.15, -0.1) is 0 Å². The molecule has 2 heteroatoms. The standard InChI is InChI=1S/C57H36N2/c1-3-16-37(17-4-1)38-32-34-41(35-33-38)58(40-20-5-2-6-21-40)52-36-53-56-54-45(52)25-14-28-48(54)57(46-26-11-9-23-43(46)44-24-10-12-27-47(44)57)49-29-15-31-51(55(49)56)59(53)50-30-13-19-39-18-7-8-22-42(39)50/h1-36H. The second-order valence-electron chi connectivity index (χ2n) is 16.0. The molecule has 0 radical (unpaired) electrons. The van der Waals surface area contributed by atoms with Gasteiger partial charge in [0.25, 0.3) is 0 Å². The van der Waals surface area contributed by atoms with Gasteiger partial charge in [0.05, 0.1) is 27.8 Å². The molecule has 1 spiro atoms. The zero-order valence-corrected chi connectivity index (χ0v) is 32.2. The second-order valence-corrected chi connectivity index (χ2v) is 16.0. The predicted molar refractivity (Wildman–Crippen MR) is 247 cm³/mol. The summed E-state index contributed by atoms with van der Waals surface area (Å²) in [6.45, 7) is 0. The molecule has 2 nitrogen and oxygen atoms in total. The summed E-state index contributed by atoms with van der Waals surface area (Å²) in [5, 5.41) is 7.66. The predicted octanol–water partition coefficient (Wildman–Crippen LogP) is 14.9. The van der Waals surface area contributed by atoms with Crippen molar-refractivity contribution in [2.75, 3.05) is 4.90 Å². The number of aromatic nitrogens is 1. The van der Waals surface area contributed by atoms with E-state index in [9.17, 15) is 0 Å². The molecule has 1 heterocycles. The number of nitrogens with zero attached hydrogens (tertiary/aromatic N) is 2. The highest BCUT2D eigenvalue weighted by molar-refractivity contribution is 6.29. The van der Waals surface area contributed by atoms with Gasteiger partial charge in [0.1, 0.15) is 0 Å². The monoisotopic (exact) mass is 748 g/mol. The van der Waals surface area contributed by atoms with E-state index in [1.807, 2.05) is 0 Å². The minimum Gasteiger partial charge on any atom is -0.310 e. The first-order chi connectivity index (χ1) is 29.3. The van der Waals surface area contributed by atoms with Crippen LogP contribution in [0.5, 0.6) is 0 Å². The van der Waals surface area contributed by atoms with Gasteiger partial charge in [-0.3, -0.25) is 0 Å². The highest BCUT2D eigenvalue weighted by Crippen LogP contribution is 2.63. The van der Waals surface area contributed by atoms with Crippen LogP contribution in [0.1, 0.15) is 22.3 Å². The number of anilines is 3. The Morgan fingerprint density at radius 2 is 0.898 bits per heavy atom. The Bertz CT molecular complexity index is 3440. The lowest BCUT2D eigenvalue weighted by atomic mass is 9.63. The number of rotatable bonds is 5. The number of benzene rings is 10. The second kappa shape index (κ2) is 12.2. The molecule has 0 atom stereocenters. The number of para-hydroxylation sites is 1. The van der Waals surface area contributed by atoms with Crippen LogP contribution in [0.15, 0.2) is 218 Å². The summed E-state index contributed by atoms with van der Waals surface area (Å²) >= 11 is 0.